The molecule has 0 bridgehead atoms. The molecule has 2 aromatic rings. The van der Waals surface area contributed by atoms with Crippen molar-refractivity contribution in [2.24, 2.45) is 5.92 Å². The summed E-state index contributed by atoms with van der Waals surface area (Å²) in [4.78, 5) is 0. The van der Waals surface area contributed by atoms with Crippen molar-refractivity contribution < 1.29 is 0 Å². The minimum Gasteiger partial charge on any atom is -0.300 e. The smallest absolute Gasteiger partial charge is 0.195 e. The van der Waals surface area contributed by atoms with Crippen molar-refractivity contribution in [3.8, 4) is 11.4 Å². The van der Waals surface area contributed by atoms with E-state index in [1.165, 1.54) is 38.5 Å². The minimum atomic E-state index is 0.736. The van der Waals surface area contributed by atoms with Gasteiger partial charge in [-0.15, -0.1) is 0 Å². The molecule has 0 saturated heterocycles. The molecule has 1 aromatic carbocycles. The third kappa shape index (κ3) is 3.01. The first-order chi connectivity index (χ1) is 9.84. The summed E-state index contributed by atoms with van der Waals surface area (Å²) in [5, 5.41) is 7.33. The Morgan fingerprint density at radius 3 is 2.65 bits per heavy atom. The van der Waals surface area contributed by atoms with Crippen molar-refractivity contribution >= 4 is 12.2 Å². The number of nitrogens with zero attached hydrogens (tertiary/aromatic N) is 2. The van der Waals surface area contributed by atoms with Crippen LogP contribution < -0.4 is 0 Å². The molecule has 0 unspecified atom stereocenters. The highest BCUT2D eigenvalue weighted by Gasteiger charge is 2.15. The number of hydrogen-bond donors (Lipinski definition) is 1. The summed E-state index contributed by atoms with van der Waals surface area (Å²) in [5.74, 6) is 1.83. The standard InChI is InChI=1S/C16H21N3S/c20-16-18-17-15(14-9-5-2-6-10-14)19(16)12-11-13-7-3-1-4-8-13/h2,5-6,9-10,13H,1,3-4,7-8,11-12H2,(H,18,20). The Morgan fingerprint density at radius 2 is 1.90 bits per heavy atom. The van der Waals surface area contributed by atoms with Gasteiger partial charge in [0.2, 0.25) is 0 Å². The molecule has 20 heavy (non-hydrogen) atoms. The fraction of sp³-hybridized carbons (Fsp3) is 0.500. The van der Waals surface area contributed by atoms with Crippen LogP contribution in [0.1, 0.15) is 38.5 Å². The summed E-state index contributed by atoms with van der Waals surface area (Å²) >= 11 is 5.38. The zero-order chi connectivity index (χ0) is 13.8. The maximum Gasteiger partial charge on any atom is 0.195 e. The van der Waals surface area contributed by atoms with E-state index >= 15 is 0 Å². The average molecular weight is 287 g/mol. The number of rotatable bonds is 4. The number of H-pyrrole nitrogens is 1. The van der Waals surface area contributed by atoms with Crippen LogP contribution in [0.5, 0.6) is 0 Å². The zero-order valence-corrected chi connectivity index (χ0v) is 12.5. The van der Waals surface area contributed by atoms with E-state index < -0.39 is 0 Å². The quantitative estimate of drug-likeness (QED) is 0.835. The van der Waals surface area contributed by atoms with Crippen LogP contribution in [0.15, 0.2) is 30.3 Å². The van der Waals surface area contributed by atoms with E-state index in [1.54, 1.807) is 0 Å². The number of benzene rings is 1. The highest BCUT2D eigenvalue weighted by Crippen LogP contribution is 2.27. The number of nitrogens with one attached hydrogen (secondary N) is 1. The molecule has 0 atom stereocenters. The van der Waals surface area contributed by atoms with Gasteiger partial charge in [-0.2, -0.15) is 5.10 Å². The molecule has 0 amide bonds. The van der Waals surface area contributed by atoms with E-state index in [2.05, 4.69) is 26.9 Å². The second-order valence-electron chi connectivity index (χ2n) is 5.66. The van der Waals surface area contributed by atoms with E-state index in [1.807, 2.05) is 18.2 Å². The molecule has 1 fully saturated rings. The molecule has 0 aliphatic heterocycles. The minimum absolute atomic E-state index is 0.736. The molecular weight excluding hydrogens is 266 g/mol. The van der Waals surface area contributed by atoms with E-state index in [-0.39, 0.29) is 0 Å². The first-order valence-electron chi connectivity index (χ1n) is 7.55. The number of hydrogen-bond acceptors (Lipinski definition) is 2. The largest absolute Gasteiger partial charge is 0.300 e. The molecule has 1 N–H and O–H groups in total. The molecule has 1 aliphatic rings. The van der Waals surface area contributed by atoms with Crippen molar-refractivity contribution in [2.45, 2.75) is 45.1 Å². The Balaban J connectivity index is 1.76. The van der Waals surface area contributed by atoms with E-state index in [0.29, 0.717) is 0 Å². The maximum atomic E-state index is 5.38. The lowest BCUT2D eigenvalue weighted by Crippen LogP contribution is -2.11. The van der Waals surface area contributed by atoms with Crippen LogP contribution in [-0.2, 0) is 6.54 Å². The van der Waals surface area contributed by atoms with Crippen LogP contribution in [0.3, 0.4) is 0 Å². The molecule has 0 radical (unpaired) electrons. The van der Waals surface area contributed by atoms with Gasteiger partial charge in [0, 0.05) is 12.1 Å². The molecular formula is C16H21N3S. The Hall–Kier alpha value is -1.42. The molecule has 1 heterocycles. The molecule has 1 saturated carbocycles. The lowest BCUT2D eigenvalue weighted by molar-refractivity contribution is 0.324. The maximum absolute atomic E-state index is 5.38. The Bertz CT molecular complexity index is 594. The van der Waals surface area contributed by atoms with Crippen molar-refractivity contribution in [2.75, 3.05) is 0 Å². The van der Waals surface area contributed by atoms with Crippen LogP contribution in [0.2, 0.25) is 0 Å². The topological polar surface area (TPSA) is 33.6 Å². The summed E-state index contributed by atoms with van der Waals surface area (Å²) in [6.45, 7) is 0.976. The predicted octanol–water partition coefficient (Wildman–Crippen LogP) is 4.58. The molecule has 4 heteroatoms. The van der Waals surface area contributed by atoms with Gasteiger partial charge in [-0.05, 0) is 24.6 Å². The van der Waals surface area contributed by atoms with Gasteiger partial charge < -0.3 is 4.57 Å². The Kier molecular flexibility index (Phi) is 4.31. The normalized spacial score (nSPS) is 16.4. The van der Waals surface area contributed by atoms with Crippen molar-refractivity contribution in [1.82, 2.24) is 14.8 Å². The molecule has 0 spiro atoms. The van der Waals surface area contributed by atoms with E-state index in [4.69, 9.17) is 12.2 Å². The van der Waals surface area contributed by atoms with E-state index in [9.17, 15) is 0 Å². The van der Waals surface area contributed by atoms with Gasteiger partial charge in [0.25, 0.3) is 0 Å². The van der Waals surface area contributed by atoms with Crippen molar-refractivity contribution in [3.63, 3.8) is 0 Å². The molecule has 106 valence electrons. The monoisotopic (exact) mass is 287 g/mol. The van der Waals surface area contributed by atoms with Gasteiger partial charge in [-0.3, -0.25) is 5.10 Å². The summed E-state index contributed by atoms with van der Waals surface area (Å²) in [6, 6.07) is 10.3. The van der Waals surface area contributed by atoms with Crippen LogP contribution in [-0.4, -0.2) is 14.8 Å². The first kappa shape index (κ1) is 13.6. The van der Waals surface area contributed by atoms with Crippen LogP contribution in [0.4, 0.5) is 0 Å². The molecule has 3 nitrogen and oxygen atoms in total. The molecule has 3 rings (SSSR count). The van der Waals surface area contributed by atoms with Gasteiger partial charge in [0.05, 0.1) is 0 Å². The summed E-state index contributed by atoms with van der Waals surface area (Å²) in [5.41, 5.74) is 1.13. The Morgan fingerprint density at radius 1 is 1.15 bits per heavy atom. The predicted molar refractivity (Wildman–Crippen MR) is 84.0 cm³/mol. The van der Waals surface area contributed by atoms with Gasteiger partial charge in [-0.1, -0.05) is 62.4 Å². The lowest BCUT2D eigenvalue weighted by atomic mass is 9.87. The third-order valence-electron chi connectivity index (χ3n) is 4.28. The second-order valence-corrected chi connectivity index (χ2v) is 6.05. The van der Waals surface area contributed by atoms with Gasteiger partial charge in [0.15, 0.2) is 10.6 Å². The average Bonchev–Trinajstić information content (AvgIpc) is 2.88. The lowest BCUT2D eigenvalue weighted by Gasteiger charge is -2.21. The zero-order valence-electron chi connectivity index (χ0n) is 11.7. The van der Waals surface area contributed by atoms with Gasteiger partial charge in [-0.25, -0.2) is 0 Å². The van der Waals surface area contributed by atoms with Crippen LogP contribution >= 0.6 is 12.2 Å². The van der Waals surface area contributed by atoms with Crippen LogP contribution in [0, 0.1) is 10.7 Å². The van der Waals surface area contributed by atoms with Gasteiger partial charge >= 0.3 is 0 Å². The molecule has 1 aromatic heterocycles. The van der Waals surface area contributed by atoms with E-state index in [0.717, 1.165) is 28.6 Å². The highest BCUT2D eigenvalue weighted by molar-refractivity contribution is 7.71. The number of aromatic nitrogens is 3. The second kappa shape index (κ2) is 6.35. The van der Waals surface area contributed by atoms with Crippen molar-refractivity contribution in [3.05, 3.63) is 35.1 Å². The summed E-state index contributed by atoms with van der Waals surface area (Å²) < 4.78 is 2.89. The molecule has 1 aliphatic carbocycles. The number of aromatic amines is 1. The fourth-order valence-electron chi connectivity index (χ4n) is 3.12. The fourth-order valence-corrected chi connectivity index (χ4v) is 3.34. The van der Waals surface area contributed by atoms with Crippen LogP contribution in [0.25, 0.3) is 11.4 Å². The highest BCUT2D eigenvalue weighted by atomic mass is 32.1. The third-order valence-corrected chi connectivity index (χ3v) is 4.59. The summed E-state index contributed by atoms with van der Waals surface area (Å²) in [7, 11) is 0. The summed E-state index contributed by atoms with van der Waals surface area (Å²) in [6.07, 6.45) is 8.18. The first-order valence-corrected chi connectivity index (χ1v) is 7.96. The van der Waals surface area contributed by atoms with Gasteiger partial charge in [0.1, 0.15) is 0 Å². The van der Waals surface area contributed by atoms with Crippen molar-refractivity contribution in [1.29, 1.82) is 0 Å². The Labute approximate surface area is 125 Å². The SMILES string of the molecule is S=c1[nH]nc(-c2ccccc2)n1CCC1CCCCC1.